The van der Waals surface area contributed by atoms with Crippen LogP contribution < -0.4 is 10.2 Å². The van der Waals surface area contributed by atoms with Crippen LogP contribution >= 0.6 is 0 Å². The Morgan fingerprint density at radius 3 is 2.53 bits per heavy atom. The number of hydrogen-bond donors (Lipinski definition) is 1. The second kappa shape index (κ2) is 9.63. The minimum Gasteiger partial charge on any atom is -0.445 e. The van der Waals surface area contributed by atoms with Gasteiger partial charge in [0.05, 0.1) is 24.6 Å². The third-order valence-corrected chi connectivity index (χ3v) is 5.51. The molecule has 0 aliphatic carbocycles. The molecule has 2 aromatic carbocycles. The fraction of sp³-hybridized carbons (Fsp3) is 0.391. The molecule has 30 heavy (non-hydrogen) atoms. The van der Waals surface area contributed by atoms with E-state index >= 15 is 0 Å². The van der Waals surface area contributed by atoms with Crippen molar-refractivity contribution in [2.24, 2.45) is 0 Å². The van der Waals surface area contributed by atoms with Gasteiger partial charge in [0.15, 0.2) is 0 Å². The fourth-order valence-electron chi connectivity index (χ4n) is 3.94. The molecule has 1 atom stereocenters. The van der Waals surface area contributed by atoms with Gasteiger partial charge in [0.25, 0.3) is 0 Å². The number of nitrogens with zero attached hydrogens (tertiary/aromatic N) is 2. The van der Waals surface area contributed by atoms with Gasteiger partial charge in [0, 0.05) is 19.6 Å². The number of amides is 2. The molecule has 7 heteroatoms. The molecule has 0 saturated carbocycles. The quantitative estimate of drug-likeness (QED) is 0.821. The molecule has 4 rings (SSSR count). The number of anilines is 2. The van der Waals surface area contributed by atoms with E-state index in [1.54, 1.807) is 0 Å². The Kier molecular flexibility index (Phi) is 6.49. The maximum atomic E-state index is 13.0. The first-order chi connectivity index (χ1) is 14.7. The summed E-state index contributed by atoms with van der Waals surface area (Å²) in [4.78, 5) is 29.4. The van der Waals surface area contributed by atoms with Crippen molar-refractivity contribution < 1.29 is 19.1 Å². The van der Waals surface area contributed by atoms with Crippen molar-refractivity contribution in [1.82, 2.24) is 4.90 Å². The summed E-state index contributed by atoms with van der Waals surface area (Å²) in [6, 6.07) is 16.8. The maximum absolute atomic E-state index is 13.0. The van der Waals surface area contributed by atoms with Crippen LogP contribution in [0.2, 0.25) is 0 Å². The van der Waals surface area contributed by atoms with E-state index < -0.39 is 12.1 Å². The lowest BCUT2D eigenvalue weighted by molar-refractivity contribution is -0.120. The number of nitrogens with one attached hydrogen (secondary N) is 1. The number of benzene rings is 2. The third-order valence-electron chi connectivity index (χ3n) is 5.51. The number of ether oxygens (including phenoxy) is 2. The summed E-state index contributed by atoms with van der Waals surface area (Å²) in [6.45, 7) is 3.64. The minimum atomic E-state index is -0.522. The lowest BCUT2D eigenvalue weighted by Crippen LogP contribution is -2.43. The van der Waals surface area contributed by atoms with Gasteiger partial charge in [0.2, 0.25) is 5.91 Å². The van der Waals surface area contributed by atoms with Gasteiger partial charge in [-0.25, -0.2) is 4.79 Å². The molecule has 0 spiro atoms. The van der Waals surface area contributed by atoms with Crippen LogP contribution in [0.25, 0.3) is 0 Å². The molecule has 1 N–H and O–H groups in total. The summed E-state index contributed by atoms with van der Waals surface area (Å²) in [5.74, 6) is -0.176. The zero-order valence-corrected chi connectivity index (χ0v) is 17.0. The number of morpholine rings is 1. The average molecular weight is 409 g/mol. The minimum absolute atomic E-state index is 0.176. The molecule has 2 aromatic rings. The van der Waals surface area contributed by atoms with E-state index in [0.29, 0.717) is 26.2 Å². The van der Waals surface area contributed by atoms with Crippen molar-refractivity contribution >= 4 is 23.4 Å². The molecule has 1 unspecified atom stereocenters. The van der Waals surface area contributed by atoms with E-state index in [-0.39, 0.29) is 12.5 Å². The molecule has 2 saturated heterocycles. The zero-order chi connectivity index (χ0) is 20.8. The highest BCUT2D eigenvalue weighted by atomic mass is 16.6. The Balaban J connectivity index is 1.40. The van der Waals surface area contributed by atoms with Gasteiger partial charge in [0.1, 0.15) is 12.6 Å². The number of carbonyl (C=O) groups excluding carboxylic acids is 2. The van der Waals surface area contributed by atoms with Crippen LogP contribution in [0.3, 0.4) is 0 Å². The summed E-state index contributed by atoms with van der Waals surface area (Å²) >= 11 is 0. The van der Waals surface area contributed by atoms with Crippen molar-refractivity contribution in [2.75, 3.05) is 43.1 Å². The molecule has 2 aliphatic heterocycles. The number of rotatable bonds is 5. The summed E-state index contributed by atoms with van der Waals surface area (Å²) in [6.07, 6.45) is 0.966. The summed E-state index contributed by atoms with van der Waals surface area (Å²) in [5.41, 5.74) is 2.66. The van der Waals surface area contributed by atoms with Gasteiger partial charge >= 0.3 is 6.09 Å². The normalized spacial score (nSPS) is 18.9. The van der Waals surface area contributed by atoms with Crippen LogP contribution in [-0.2, 0) is 20.9 Å². The molecule has 158 valence electrons. The number of carbonyl (C=O) groups is 2. The first-order valence-electron chi connectivity index (χ1n) is 10.4. The third kappa shape index (κ3) is 4.74. The Hall–Kier alpha value is -3.06. The van der Waals surface area contributed by atoms with E-state index in [0.717, 1.165) is 36.4 Å². The summed E-state index contributed by atoms with van der Waals surface area (Å²) < 4.78 is 10.9. The van der Waals surface area contributed by atoms with Gasteiger partial charge in [-0.15, -0.1) is 0 Å². The lowest BCUT2D eigenvalue weighted by Gasteiger charge is -2.31. The first-order valence-corrected chi connectivity index (χ1v) is 10.4. The fourth-order valence-corrected chi connectivity index (χ4v) is 3.94. The SMILES string of the molecule is O=C(Nc1ccccc1N1CCOCC1)C1CCCN1C(=O)OCc1ccccc1. The second-order valence-electron chi connectivity index (χ2n) is 7.50. The van der Waals surface area contributed by atoms with Gasteiger partial charge < -0.3 is 19.7 Å². The zero-order valence-electron chi connectivity index (χ0n) is 17.0. The predicted octanol–water partition coefficient (Wildman–Crippen LogP) is 3.26. The van der Waals surface area contributed by atoms with Crippen molar-refractivity contribution in [1.29, 1.82) is 0 Å². The summed E-state index contributed by atoms with van der Waals surface area (Å²) in [7, 11) is 0. The van der Waals surface area contributed by atoms with E-state index in [1.807, 2.05) is 54.6 Å². The topological polar surface area (TPSA) is 71.1 Å². The van der Waals surface area contributed by atoms with E-state index in [2.05, 4.69) is 10.2 Å². The molecule has 0 aromatic heterocycles. The molecule has 2 aliphatic rings. The largest absolute Gasteiger partial charge is 0.445 e. The molecule has 2 fully saturated rings. The highest BCUT2D eigenvalue weighted by Crippen LogP contribution is 2.28. The Morgan fingerprint density at radius 2 is 1.73 bits per heavy atom. The molecular formula is C23H27N3O4. The van der Waals surface area contributed by atoms with E-state index in [1.165, 1.54) is 4.90 Å². The molecule has 2 heterocycles. The molecule has 7 nitrogen and oxygen atoms in total. The van der Waals surface area contributed by atoms with Crippen LogP contribution in [0, 0.1) is 0 Å². The standard InChI is InChI=1S/C23H27N3O4/c27-22(24-19-9-4-5-10-20(19)25-13-15-29-16-14-25)21-11-6-12-26(21)23(28)30-17-18-7-2-1-3-8-18/h1-5,7-10,21H,6,11-17H2,(H,24,27). The number of para-hydroxylation sites is 2. The van der Waals surface area contributed by atoms with Crippen molar-refractivity contribution in [3.63, 3.8) is 0 Å². The first kappa shape index (κ1) is 20.2. The average Bonchev–Trinajstić information content (AvgIpc) is 3.29. The van der Waals surface area contributed by atoms with Gasteiger partial charge in [-0.3, -0.25) is 9.69 Å². The molecule has 0 bridgehead atoms. The smallest absolute Gasteiger partial charge is 0.410 e. The van der Waals surface area contributed by atoms with Crippen molar-refractivity contribution in [3.8, 4) is 0 Å². The second-order valence-corrected chi connectivity index (χ2v) is 7.50. The number of likely N-dealkylation sites (tertiary alicyclic amines) is 1. The monoisotopic (exact) mass is 409 g/mol. The highest BCUT2D eigenvalue weighted by Gasteiger charge is 2.35. The van der Waals surface area contributed by atoms with Crippen LogP contribution in [-0.4, -0.2) is 55.8 Å². The Morgan fingerprint density at radius 1 is 1.00 bits per heavy atom. The van der Waals surface area contributed by atoms with Gasteiger partial charge in [-0.05, 0) is 30.5 Å². The van der Waals surface area contributed by atoms with Crippen LogP contribution in [0.15, 0.2) is 54.6 Å². The van der Waals surface area contributed by atoms with Gasteiger partial charge in [-0.2, -0.15) is 0 Å². The van der Waals surface area contributed by atoms with Crippen molar-refractivity contribution in [3.05, 3.63) is 60.2 Å². The Bertz CT molecular complexity index is 868. The lowest BCUT2D eigenvalue weighted by atomic mass is 10.2. The van der Waals surface area contributed by atoms with Crippen molar-refractivity contribution in [2.45, 2.75) is 25.5 Å². The number of hydrogen-bond acceptors (Lipinski definition) is 5. The molecular weight excluding hydrogens is 382 g/mol. The van der Waals surface area contributed by atoms with Gasteiger partial charge in [-0.1, -0.05) is 42.5 Å². The highest BCUT2D eigenvalue weighted by molar-refractivity contribution is 5.99. The maximum Gasteiger partial charge on any atom is 0.410 e. The molecule has 0 radical (unpaired) electrons. The summed E-state index contributed by atoms with van der Waals surface area (Å²) in [5, 5.41) is 3.04. The van der Waals surface area contributed by atoms with Crippen LogP contribution in [0.1, 0.15) is 18.4 Å². The Labute approximate surface area is 176 Å². The van der Waals surface area contributed by atoms with Crippen LogP contribution in [0.5, 0.6) is 0 Å². The predicted molar refractivity (Wildman–Crippen MR) is 114 cm³/mol. The van der Waals surface area contributed by atoms with E-state index in [9.17, 15) is 9.59 Å². The van der Waals surface area contributed by atoms with Crippen LogP contribution in [0.4, 0.5) is 16.2 Å². The van der Waals surface area contributed by atoms with E-state index in [4.69, 9.17) is 9.47 Å². The molecule has 2 amide bonds.